The van der Waals surface area contributed by atoms with Crippen molar-refractivity contribution < 1.29 is 14.3 Å². The first-order valence-corrected chi connectivity index (χ1v) is 6.45. The normalized spacial score (nSPS) is 9.76. The lowest BCUT2D eigenvalue weighted by molar-refractivity contribution is 0.101. The van der Waals surface area contributed by atoms with Crippen LogP contribution in [0.25, 0.3) is 0 Å². The van der Waals surface area contributed by atoms with Gasteiger partial charge in [0.1, 0.15) is 18.1 Å². The zero-order chi connectivity index (χ0) is 15.2. The van der Waals surface area contributed by atoms with Crippen LogP contribution in [0.3, 0.4) is 0 Å². The van der Waals surface area contributed by atoms with Gasteiger partial charge in [0.25, 0.3) is 0 Å². The number of hydrogen-bond donors (Lipinski definition) is 0. The van der Waals surface area contributed by atoms with Gasteiger partial charge in [-0.3, -0.25) is 4.79 Å². The minimum Gasteiger partial charge on any atom is -0.496 e. The number of Topliss-reactive ketones (excluding diaryl/α,β-unsaturated/α-hetero) is 1. The second-order valence-corrected chi connectivity index (χ2v) is 4.52. The number of carbonyl (C=O) groups is 1. The predicted octanol–water partition coefficient (Wildman–Crippen LogP) is 3.35. The van der Waals surface area contributed by atoms with Gasteiger partial charge in [-0.25, -0.2) is 0 Å². The van der Waals surface area contributed by atoms with E-state index in [1.54, 1.807) is 30.3 Å². The Bertz CT molecular complexity index is 684. The highest BCUT2D eigenvalue weighted by molar-refractivity contribution is 5.97. The van der Waals surface area contributed by atoms with Crippen molar-refractivity contribution in [2.75, 3.05) is 7.11 Å². The van der Waals surface area contributed by atoms with Crippen molar-refractivity contribution in [3.05, 3.63) is 59.2 Å². The van der Waals surface area contributed by atoms with Crippen LogP contribution in [0.15, 0.2) is 42.5 Å². The third-order valence-electron chi connectivity index (χ3n) is 3.04. The first kappa shape index (κ1) is 14.6. The van der Waals surface area contributed by atoms with Gasteiger partial charge in [0.2, 0.25) is 0 Å². The Hall–Kier alpha value is -2.80. The Kier molecular flexibility index (Phi) is 4.57. The average molecular weight is 281 g/mol. The zero-order valence-electron chi connectivity index (χ0n) is 11.9. The van der Waals surface area contributed by atoms with E-state index in [2.05, 4.69) is 6.07 Å². The zero-order valence-corrected chi connectivity index (χ0v) is 11.9. The van der Waals surface area contributed by atoms with Gasteiger partial charge in [0, 0.05) is 6.07 Å². The van der Waals surface area contributed by atoms with Gasteiger partial charge < -0.3 is 9.47 Å². The summed E-state index contributed by atoms with van der Waals surface area (Å²) >= 11 is 0. The van der Waals surface area contributed by atoms with Gasteiger partial charge >= 0.3 is 0 Å². The maximum Gasteiger partial charge on any atom is 0.163 e. The lowest BCUT2D eigenvalue weighted by Crippen LogP contribution is -2.00. The fourth-order valence-corrected chi connectivity index (χ4v) is 1.89. The summed E-state index contributed by atoms with van der Waals surface area (Å²) in [6.45, 7) is 1.88. The van der Waals surface area contributed by atoms with Gasteiger partial charge in [0.15, 0.2) is 5.78 Å². The second kappa shape index (κ2) is 6.58. The van der Waals surface area contributed by atoms with Crippen molar-refractivity contribution in [3.63, 3.8) is 0 Å². The molecule has 0 N–H and O–H groups in total. The molecule has 2 aromatic carbocycles. The van der Waals surface area contributed by atoms with Crippen molar-refractivity contribution in [2.24, 2.45) is 0 Å². The van der Waals surface area contributed by atoms with Crippen LogP contribution in [0.2, 0.25) is 0 Å². The van der Waals surface area contributed by atoms with E-state index in [4.69, 9.17) is 14.7 Å². The number of benzene rings is 2. The number of nitrogens with zero attached hydrogens (tertiary/aromatic N) is 1. The molecule has 0 aromatic heterocycles. The number of hydrogen-bond acceptors (Lipinski definition) is 4. The van der Waals surface area contributed by atoms with E-state index in [9.17, 15) is 4.79 Å². The summed E-state index contributed by atoms with van der Waals surface area (Å²) in [5.41, 5.74) is 2.11. The average Bonchev–Trinajstić information content (AvgIpc) is 2.52. The fraction of sp³-hybridized carbons (Fsp3) is 0.176. The number of nitriles is 1. The minimum atomic E-state index is -0.0505. The molecule has 0 amide bonds. The molecule has 0 heterocycles. The summed E-state index contributed by atoms with van der Waals surface area (Å²) in [7, 11) is 1.52. The molecule has 0 aliphatic rings. The van der Waals surface area contributed by atoms with E-state index in [0.29, 0.717) is 29.2 Å². The summed E-state index contributed by atoms with van der Waals surface area (Å²) in [5.74, 6) is 1.08. The minimum absolute atomic E-state index is 0.0505. The first-order valence-electron chi connectivity index (χ1n) is 6.45. The molecule has 2 aromatic rings. The molecule has 0 atom stereocenters. The number of methoxy groups -OCH3 is 1. The molecule has 0 saturated heterocycles. The highest BCUT2D eigenvalue weighted by Gasteiger charge is 2.09. The molecular formula is C17H15NO3. The van der Waals surface area contributed by atoms with E-state index in [0.717, 1.165) is 5.56 Å². The highest BCUT2D eigenvalue weighted by Crippen LogP contribution is 2.25. The second-order valence-electron chi connectivity index (χ2n) is 4.52. The maximum atomic E-state index is 11.4. The molecule has 0 bridgehead atoms. The number of carbonyl (C=O) groups excluding carboxylic acids is 1. The molecule has 4 nitrogen and oxygen atoms in total. The number of ketones is 1. The first-order chi connectivity index (χ1) is 10.1. The Labute approximate surface area is 123 Å². The summed E-state index contributed by atoms with van der Waals surface area (Å²) in [5, 5.41) is 8.74. The standard InChI is InChI=1S/C17H15NO3/c1-12(19)16-8-7-15(9-17(16)20-2)21-11-14-5-3-13(10-18)4-6-14/h3-9H,11H2,1-2H3. The van der Waals surface area contributed by atoms with Crippen molar-refractivity contribution in [3.8, 4) is 17.6 Å². The van der Waals surface area contributed by atoms with Crippen molar-refractivity contribution >= 4 is 5.78 Å². The number of ether oxygens (including phenoxy) is 2. The molecule has 0 aliphatic heterocycles. The maximum absolute atomic E-state index is 11.4. The Morgan fingerprint density at radius 1 is 1.19 bits per heavy atom. The van der Waals surface area contributed by atoms with Crippen LogP contribution in [-0.2, 0) is 6.61 Å². The largest absolute Gasteiger partial charge is 0.496 e. The molecule has 0 aliphatic carbocycles. The summed E-state index contributed by atoms with van der Waals surface area (Å²) in [6.07, 6.45) is 0. The molecule has 21 heavy (non-hydrogen) atoms. The molecule has 0 saturated carbocycles. The van der Waals surface area contributed by atoms with Crippen LogP contribution in [0, 0.1) is 11.3 Å². The monoisotopic (exact) mass is 281 g/mol. The van der Waals surface area contributed by atoms with Gasteiger partial charge in [0.05, 0.1) is 24.3 Å². The van der Waals surface area contributed by atoms with Crippen molar-refractivity contribution in [1.82, 2.24) is 0 Å². The lowest BCUT2D eigenvalue weighted by Gasteiger charge is -2.10. The molecular weight excluding hydrogens is 266 g/mol. The fourth-order valence-electron chi connectivity index (χ4n) is 1.89. The van der Waals surface area contributed by atoms with Crippen LogP contribution in [0.5, 0.6) is 11.5 Å². The third kappa shape index (κ3) is 3.61. The third-order valence-corrected chi connectivity index (χ3v) is 3.04. The van der Waals surface area contributed by atoms with Gasteiger partial charge in [-0.05, 0) is 36.8 Å². The molecule has 0 fully saturated rings. The van der Waals surface area contributed by atoms with Crippen LogP contribution in [0.1, 0.15) is 28.4 Å². The molecule has 0 spiro atoms. The SMILES string of the molecule is COc1cc(OCc2ccc(C#N)cc2)ccc1C(C)=O. The molecule has 4 heteroatoms. The van der Waals surface area contributed by atoms with E-state index >= 15 is 0 Å². The summed E-state index contributed by atoms with van der Waals surface area (Å²) in [4.78, 5) is 11.4. The number of rotatable bonds is 5. The summed E-state index contributed by atoms with van der Waals surface area (Å²) < 4.78 is 10.9. The molecule has 106 valence electrons. The Balaban J connectivity index is 2.09. The van der Waals surface area contributed by atoms with Crippen LogP contribution in [-0.4, -0.2) is 12.9 Å². The lowest BCUT2D eigenvalue weighted by atomic mass is 10.1. The van der Waals surface area contributed by atoms with E-state index in [1.165, 1.54) is 14.0 Å². The van der Waals surface area contributed by atoms with E-state index in [1.807, 2.05) is 12.1 Å². The van der Waals surface area contributed by atoms with E-state index in [-0.39, 0.29) is 5.78 Å². The molecule has 0 unspecified atom stereocenters. The van der Waals surface area contributed by atoms with Gasteiger partial charge in [-0.15, -0.1) is 0 Å². The molecule has 0 radical (unpaired) electrons. The molecule has 2 rings (SSSR count). The van der Waals surface area contributed by atoms with Crippen LogP contribution < -0.4 is 9.47 Å². The van der Waals surface area contributed by atoms with Gasteiger partial charge in [-0.2, -0.15) is 5.26 Å². The van der Waals surface area contributed by atoms with Crippen molar-refractivity contribution in [2.45, 2.75) is 13.5 Å². The quantitative estimate of drug-likeness (QED) is 0.788. The topological polar surface area (TPSA) is 59.3 Å². The summed E-state index contributed by atoms with van der Waals surface area (Å²) in [6, 6.07) is 14.4. The Morgan fingerprint density at radius 2 is 1.90 bits per heavy atom. The highest BCUT2D eigenvalue weighted by atomic mass is 16.5. The Morgan fingerprint density at radius 3 is 2.48 bits per heavy atom. The van der Waals surface area contributed by atoms with E-state index < -0.39 is 0 Å². The van der Waals surface area contributed by atoms with Crippen molar-refractivity contribution in [1.29, 1.82) is 5.26 Å². The smallest absolute Gasteiger partial charge is 0.163 e. The van der Waals surface area contributed by atoms with Crippen LogP contribution in [0.4, 0.5) is 0 Å². The van der Waals surface area contributed by atoms with Gasteiger partial charge in [-0.1, -0.05) is 12.1 Å². The predicted molar refractivity (Wildman–Crippen MR) is 78.5 cm³/mol. The van der Waals surface area contributed by atoms with Crippen LogP contribution >= 0.6 is 0 Å².